The van der Waals surface area contributed by atoms with Crippen molar-refractivity contribution in [2.24, 2.45) is 0 Å². The van der Waals surface area contributed by atoms with E-state index in [-0.39, 0.29) is 29.2 Å². The van der Waals surface area contributed by atoms with Crippen LogP contribution < -0.4 is 10.1 Å². The molecule has 0 saturated heterocycles. The van der Waals surface area contributed by atoms with Gasteiger partial charge in [0.25, 0.3) is 0 Å². The number of aromatic hydroxyl groups is 1. The number of carbonyl (C=O) groups excluding carboxylic acids is 3. The van der Waals surface area contributed by atoms with Crippen molar-refractivity contribution in [3.05, 3.63) is 71.0 Å². The van der Waals surface area contributed by atoms with Gasteiger partial charge in [0.05, 0.1) is 23.9 Å². The number of nitrogens with one attached hydrogen (secondary N) is 1. The SMILES string of the molecule is CC[C@]12c3c4ccc(O)c3O[C@H]1C(OC(=O)[C@@H](O)CC(=O)O[C@H](C(=O)O[C@H](CC(=O)O)C(=O)O)c1ccccc1)=CC[C@@]2(O)[C@H](NC)C4. The van der Waals surface area contributed by atoms with Crippen molar-refractivity contribution in [1.82, 2.24) is 5.32 Å². The molecular weight excluding hydrogens is 634 g/mol. The Bertz CT molecular complexity index is 1660. The topological polar surface area (TPSA) is 235 Å². The van der Waals surface area contributed by atoms with Crippen LogP contribution in [-0.2, 0) is 50.0 Å². The molecule has 0 saturated carbocycles. The summed E-state index contributed by atoms with van der Waals surface area (Å²) in [6.07, 6.45) is -6.90. The zero-order valence-corrected chi connectivity index (χ0v) is 26.0. The lowest BCUT2D eigenvalue weighted by molar-refractivity contribution is -0.180. The highest BCUT2D eigenvalue weighted by Crippen LogP contribution is 2.63. The van der Waals surface area contributed by atoms with Gasteiger partial charge in [0, 0.05) is 23.6 Å². The third-order valence-corrected chi connectivity index (χ3v) is 9.21. The Kier molecular flexibility index (Phi) is 9.48. The Labute approximate surface area is 273 Å². The lowest BCUT2D eigenvalue weighted by Gasteiger charge is -2.56. The molecule has 2 aromatic carbocycles. The fraction of sp³-hybridized carbons (Fsp3) is 0.424. The quantitative estimate of drug-likeness (QED) is 0.129. The highest BCUT2D eigenvalue weighted by Gasteiger charge is 2.69. The number of rotatable bonds is 13. The second-order valence-electron chi connectivity index (χ2n) is 11.8. The predicted octanol–water partition coefficient (Wildman–Crippen LogP) is 1.01. The molecule has 0 spiro atoms. The molecule has 7 atom stereocenters. The summed E-state index contributed by atoms with van der Waals surface area (Å²) in [5.41, 5.74) is -1.05. The molecule has 0 unspecified atom stereocenters. The van der Waals surface area contributed by atoms with Crippen LogP contribution in [0.3, 0.4) is 0 Å². The summed E-state index contributed by atoms with van der Waals surface area (Å²) in [5.74, 6) is -7.26. The zero-order valence-electron chi connectivity index (χ0n) is 26.0. The fourth-order valence-corrected chi connectivity index (χ4v) is 7.00. The lowest BCUT2D eigenvalue weighted by Crippen LogP contribution is -2.70. The first-order valence-electron chi connectivity index (χ1n) is 15.2. The molecule has 0 aromatic heterocycles. The minimum Gasteiger partial charge on any atom is -0.504 e. The Morgan fingerprint density at radius 1 is 1.02 bits per heavy atom. The van der Waals surface area contributed by atoms with E-state index in [1.165, 1.54) is 36.4 Å². The molecule has 15 nitrogen and oxygen atoms in total. The van der Waals surface area contributed by atoms with E-state index in [0.29, 0.717) is 18.4 Å². The van der Waals surface area contributed by atoms with Crippen molar-refractivity contribution in [2.45, 2.75) is 80.5 Å². The molecule has 0 bridgehead atoms. The van der Waals surface area contributed by atoms with Gasteiger partial charge in [0.15, 0.2) is 23.7 Å². The molecule has 0 amide bonds. The molecule has 6 N–H and O–H groups in total. The number of aliphatic hydroxyl groups excluding tert-OH is 1. The van der Waals surface area contributed by atoms with Crippen molar-refractivity contribution in [2.75, 3.05) is 7.05 Å². The number of carboxylic acid groups (broad SMARTS) is 2. The summed E-state index contributed by atoms with van der Waals surface area (Å²) in [4.78, 5) is 61.4. The van der Waals surface area contributed by atoms with Gasteiger partial charge >= 0.3 is 29.8 Å². The second kappa shape index (κ2) is 13.3. The first kappa shape index (κ1) is 34.3. The average Bonchev–Trinajstić information content (AvgIpc) is 3.43. The maximum absolute atomic E-state index is 13.1. The van der Waals surface area contributed by atoms with Gasteiger partial charge in [-0.25, -0.2) is 14.4 Å². The van der Waals surface area contributed by atoms with Gasteiger partial charge in [-0.1, -0.05) is 43.3 Å². The molecule has 0 radical (unpaired) electrons. The van der Waals surface area contributed by atoms with Crippen molar-refractivity contribution < 1.29 is 68.5 Å². The van der Waals surface area contributed by atoms with Gasteiger partial charge in [-0.2, -0.15) is 0 Å². The standard InChI is InChI=1S/C33H35NO14/c1-3-32-25-17-9-10-18(35)27(25)48-28(32)20(11-12-33(32,44)22(13-17)34-2)45-30(42)19(36)14-24(39)47-26(16-7-5-4-6-8-16)31(43)46-21(29(40)41)15-23(37)38/h4-11,19,21-22,26,28,34-36,44H,3,12-15H2,1-2H3,(H,37,38)(H,40,41)/t19-,21+,22+,26-,28-,32-,33+/m0/s1. The number of benzene rings is 2. The molecule has 15 heteroatoms. The molecule has 256 valence electrons. The molecule has 0 fully saturated rings. The van der Waals surface area contributed by atoms with E-state index in [1.54, 1.807) is 19.2 Å². The van der Waals surface area contributed by atoms with Gasteiger partial charge in [-0.15, -0.1) is 0 Å². The minimum atomic E-state index is -2.10. The van der Waals surface area contributed by atoms with E-state index in [4.69, 9.17) is 24.1 Å². The van der Waals surface area contributed by atoms with Crippen LogP contribution in [-0.4, -0.2) is 92.4 Å². The van der Waals surface area contributed by atoms with Gasteiger partial charge < -0.3 is 49.8 Å². The zero-order chi connectivity index (χ0) is 35.0. The van der Waals surface area contributed by atoms with Crippen LogP contribution in [0.25, 0.3) is 0 Å². The number of ether oxygens (including phenoxy) is 4. The van der Waals surface area contributed by atoms with Crippen LogP contribution in [0, 0.1) is 0 Å². The van der Waals surface area contributed by atoms with Crippen LogP contribution >= 0.6 is 0 Å². The van der Waals surface area contributed by atoms with Crippen LogP contribution in [0.2, 0.25) is 0 Å². The summed E-state index contributed by atoms with van der Waals surface area (Å²) in [6.45, 7) is 1.84. The molecule has 5 rings (SSSR count). The number of aliphatic carboxylic acids is 2. The van der Waals surface area contributed by atoms with E-state index in [1.807, 2.05) is 6.92 Å². The number of carbonyl (C=O) groups is 5. The largest absolute Gasteiger partial charge is 0.504 e. The molecule has 2 aromatic rings. The highest BCUT2D eigenvalue weighted by atomic mass is 16.6. The molecule has 3 aliphatic rings. The van der Waals surface area contributed by atoms with Crippen molar-refractivity contribution in [3.63, 3.8) is 0 Å². The molecular formula is C33H35NO14. The number of carboxylic acids is 2. The number of aliphatic hydroxyl groups is 2. The summed E-state index contributed by atoms with van der Waals surface area (Å²) >= 11 is 0. The first-order chi connectivity index (χ1) is 22.8. The number of hydrogen-bond acceptors (Lipinski definition) is 13. The average molecular weight is 670 g/mol. The monoisotopic (exact) mass is 669 g/mol. The Hall–Kier alpha value is -4.99. The van der Waals surface area contributed by atoms with Crippen molar-refractivity contribution in [3.8, 4) is 11.5 Å². The van der Waals surface area contributed by atoms with Gasteiger partial charge in [-0.05, 0) is 37.6 Å². The predicted molar refractivity (Wildman–Crippen MR) is 160 cm³/mol. The Balaban J connectivity index is 1.32. The summed E-state index contributed by atoms with van der Waals surface area (Å²) < 4.78 is 21.7. The van der Waals surface area contributed by atoms with Gasteiger partial charge in [0.2, 0.25) is 12.2 Å². The van der Waals surface area contributed by atoms with E-state index >= 15 is 0 Å². The molecule has 1 heterocycles. The number of esters is 3. The van der Waals surface area contributed by atoms with E-state index in [2.05, 4.69) is 5.32 Å². The van der Waals surface area contributed by atoms with Gasteiger partial charge in [0.1, 0.15) is 5.76 Å². The van der Waals surface area contributed by atoms with Gasteiger partial charge in [-0.3, -0.25) is 9.59 Å². The van der Waals surface area contributed by atoms with Crippen molar-refractivity contribution in [1.29, 1.82) is 0 Å². The van der Waals surface area contributed by atoms with Crippen LogP contribution in [0.15, 0.2) is 54.3 Å². The number of phenolic OH excluding ortho intramolecular Hbond substituents is 1. The second-order valence-corrected chi connectivity index (χ2v) is 11.8. The maximum atomic E-state index is 13.1. The normalized spacial score (nSPS) is 25.3. The number of phenols is 1. The maximum Gasteiger partial charge on any atom is 0.353 e. The van der Waals surface area contributed by atoms with Crippen LogP contribution in [0.4, 0.5) is 0 Å². The summed E-state index contributed by atoms with van der Waals surface area (Å²) in [5, 5.41) is 54.9. The summed E-state index contributed by atoms with van der Waals surface area (Å²) in [6, 6.07) is 10.1. The number of likely N-dealkylation sites (N-methyl/N-ethyl adjacent to an activating group) is 1. The van der Waals surface area contributed by atoms with E-state index < -0.39 is 84.2 Å². The molecule has 48 heavy (non-hydrogen) atoms. The molecule has 1 aliphatic heterocycles. The Morgan fingerprint density at radius 2 is 1.73 bits per heavy atom. The van der Waals surface area contributed by atoms with Crippen LogP contribution in [0.1, 0.15) is 55.4 Å². The van der Waals surface area contributed by atoms with E-state index in [0.717, 1.165) is 5.56 Å². The third kappa shape index (κ3) is 5.84. The smallest absolute Gasteiger partial charge is 0.353 e. The van der Waals surface area contributed by atoms with Crippen molar-refractivity contribution >= 4 is 29.8 Å². The number of hydrogen-bond donors (Lipinski definition) is 6. The van der Waals surface area contributed by atoms with Crippen LogP contribution in [0.5, 0.6) is 11.5 Å². The molecule has 2 aliphatic carbocycles. The summed E-state index contributed by atoms with van der Waals surface area (Å²) in [7, 11) is 1.72. The fourth-order valence-electron chi connectivity index (χ4n) is 7.00. The highest BCUT2D eigenvalue weighted by molar-refractivity contribution is 5.87. The lowest BCUT2D eigenvalue weighted by atomic mass is 9.52. The minimum absolute atomic E-state index is 0.0293. The Morgan fingerprint density at radius 3 is 2.35 bits per heavy atom. The van der Waals surface area contributed by atoms with E-state index in [9.17, 15) is 44.4 Å². The first-order valence-corrected chi connectivity index (χ1v) is 15.2. The third-order valence-electron chi connectivity index (χ3n) is 9.21.